The van der Waals surface area contributed by atoms with Gasteiger partial charge in [-0.25, -0.2) is 4.39 Å². The van der Waals surface area contributed by atoms with E-state index in [1.165, 1.54) is 6.07 Å². The summed E-state index contributed by atoms with van der Waals surface area (Å²) < 4.78 is 33.1. The van der Waals surface area contributed by atoms with Crippen LogP contribution in [0.15, 0.2) is 24.5 Å². The van der Waals surface area contributed by atoms with Crippen molar-refractivity contribution in [1.82, 2.24) is 0 Å². The predicted octanol–water partition coefficient (Wildman–Crippen LogP) is 5.42. The summed E-state index contributed by atoms with van der Waals surface area (Å²) in [6, 6.07) is 3.15. The number of allylic oxidation sites excluding steroid dienone is 1. The Bertz CT molecular complexity index is 480. The molecule has 0 aliphatic heterocycles. The van der Waals surface area contributed by atoms with Gasteiger partial charge in [-0.05, 0) is 43.2 Å². The Hall–Kier alpha value is -1.38. The summed E-state index contributed by atoms with van der Waals surface area (Å²) >= 11 is 0. The van der Waals surface area contributed by atoms with Crippen molar-refractivity contribution < 1.29 is 14.9 Å². The quantitative estimate of drug-likeness (QED) is 0.665. The standard InChI is InChI=1S/C16H20F2O.H2/c1-10(2)19-14-9-8-13(15(17)16(14)18)12-6-4-11(3)5-7-12;/h8-9,11-12H,1,4-7H2,2-3H3;1H. The van der Waals surface area contributed by atoms with Gasteiger partial charge in [0.1, 0.15) is 0 Å². The highest BCUT2D eigenvalue weighted by molar-refractivity contribution is 5.34. The van der Waals surface area contributed by atoms with Crippen molar-refractivity contribution in [3.8, 4) is 5.75 Å². The summed E-state index contributed by atoms with van der Waals surface area (Å²) in [5.41, 5.74) is 0.485. The fourth-order valence-electron chi connectivity index (χ4n) is 2.70. The van der Waals surface area contributed by atoms with Gasteiger partial charge >= 0.3 is 0 Å². The highest BCUT2D eigenvalue weighted by Gasteiger charge is 2.25. The molecule has 3 heteroatoms. The molecule has 0 radical (unpaired) electrons. The van der Waals surface area contributed by atoms with Gasteiger partial charge in [0, 0.05) is 1.43 Å². The molecule has 0 spiro atoms. The molecule has 2 rings (SSSR count). The van der Waals surface area contributed by atoms with E-state index in [1.54, 1.807) is 13.0 Å². The Balaban J connectivity index is 0.00000200. The SMILES string of the molecule is C=C(C)Oc1ccc(C2CCC(C)CC2)c(F)c1F.[HH]. The van der Waals surface area contributed by atoms with Crippen molar-refractivity contribution in [3.05, 3.63) is 41.7 Å². The van der Waals surface area contributed by atoms with E-state index in [-0.39, 0.29) is 13.1 Å². The Labute approximate surface area is 114 Å². The maximum absolute atomic E-state index is 14.1. The second-order valence-electron chi connectivity index (χ2n) is 5.54. The van der Waals surface area contributed by atoms with Gasteiger partial charge < -0.3 is 4.74 Å². The largest absolute Gasteiger partial charge is 0.459 e. The molecule has 1 saturated carbocycles. The van der Waals surface area contributed by atoms with Crippen LogP contribution >= 0.6 is 0 Å². The molecule has 1 aromatic carbocycles. The third-order valence-electron chi connectivity index (χ3n) is 3.82. The smallest absolute Gasteiger partial charge is 0.201 e. The van der Waals surface area contributed by atoms with Crippen LogP contribution in [0, 0.1) is 17.6 Å². The van der Waals surface area contributed by atoms with Gasteiger partial charge in [-0.1, -0.05) is 32.4 Å². The zero-order chi connectivity index (χ0) is 14.0. The van der Waals surface area contributed by atoms with Crippen LogP contribution in [0.2, 0.25) is 0 Å². The van der Waals surface area contributed by atoms with Crippen molar-refractivity contribution in [1.29, 1.82) is 0 Å². The number of hydrogen-bond acceptors (Lipinski definition) is 1. The lowest BCUT2D eigenvalue weighted by atomic mass is 9.79. The minimum absolute atomic E-state index is 0. The van der Waals surface area contributed by atoms with E-state index >= 15 is 0 Å². The predicted molar refractivity (Wildman–Crippen MR) is 74.3 cm³/mol. The average molecular weight is 268 g/mol. The molecule has 0 aromatic heterocycles. The Morgan fingerprint density at radius 2 is 1.84 bits per heavy atom. The minimum atomic E-state index is -0.904. The third kappa shape index (κ3) is 3.14. The Kier molecular flexibility index (Phi) is 4.23. The second kappa shape index (κ2) is 5.72. The van der Waals surface area contributed by atoms with Crippen molar-refractivity contribution in [2.24, 2.45) is 5.92 Å². The molecule has 1 nitrogen and oxygen atoms in total. The monoisotopic (exact) mass is 268 g/mol. The maximum Gasteiger partial charge on any atom is 0.201 e. The van der Waals surface area contributed by atoms with Gasteiger partial charge in [0.05, 0.1) is 5.76 Å². The first kappa shape index (κ1) is 14.0. The lowest BCUT2D eigenvalue weighted by Gasteiger charge is -2.27. The molecule has 0 N–H and O–H groups in total. The van der Waals surface area contributed by atoms with Crippen LogP contribution < -0.4 is 4.74 Å². The third-order valence-corrected chi connectivity index (χ3v) is 3.82. The molecule has 106 valence electrons. The van der Waals surface area contributed by atoms with Gasteiger partial charge in [-0.3, -0.25) is 0 Å². The van der Waals surface area contributed by atoms with Crippen LogP contribution in [0.5, 0.6) is 5.75 Å². The van der Waals surface area contributed by atoms with Crippen LogP contribution in [-0.2, 0) is 0 Å². The van der Waals surface area contributed by atoms with Crippen LogP contribution in [0.3, 0.4) is 0 Å². The van der Waals surface area contributed by atoms with E-state index in [4.69, 9.17) is 4.74 Å². The average Bonchev–Trinajstić information content (AvgIpc) is 2.36. The van der Waals surface area contributed by atoms with E-state index in [1.807, 2.05) is 0 Å². The fourth-order valence-corrected chi connectivity index (χ4v) is 2.70. The topological polar surface area (TPSA) is 9.23 Å². The van der Waals surface area contributed by atoms with Gasteiger partial charge in [-0.15, -0.1) is 0 Å². The number of hydrogen-bond donors (Lipinski definition) is 0. The first-order chi connectivity index (χ1) is 8.99. The van der Waals surface area contributed by atoms with Crippen molar-refractivity contribution in [2.45, 2.75) is 45.4 Å². The van der Waals surface area contributed by atoms with E-state index < -0.39 is 11.6 Å². The van der Waals surface area contributed by atoms with Crippen LogP contribution in [-0.4, -0.2) is 0 Å². The Morgan fingerprint density at radius 1 is 1.21 bits per heavy atom. The van der Waals surface area contributed by atoms with E-state index in [0.29, 0.717) is 17.2 Å². The molecule has 19 heavy (non-hydrogen) atoms. The molecule has 1 aromatic rings. The second-order valence-corrected chi connectivity index (χ2v) is 5.54. The normalized spacial score (nSPS) is 23.2. The molecule has 0 amide bonds. The van der Waals surface area contributed by atoms with E-state index in [2.05, 4.69) is 13.5 Å². The number of benzene rings is 1. The van der Waals surface area contributed by atoms with Gasteiger partial charge in [-0.2, -0.15) is 4.39 Å². The zero-order valence-corrected chi connectivity index (χ0v) is 11.5. The molecular formula is C16H22F2O. The first-order valence-corrected chi connectivity index (χ1v) is 6.80. The summed E-state index contributed by atoms with van der Waals surface area (Å²) in [5.74, 6) is -0.590. The fraction of sp³-hybridized carbons (Fsp3) is 0.500. The minimum Gasteiger partial charge on any atom is -0.459 e. The number of ether oxygens (including phenoxy) is 1. The molecular weight excluding hydrogens is 246 g/mol. The maximum atomic E-state index is 14.1. The zero-order valence-electron chi connectivity index (χ0n) is 11.5. The molecule has 0 heterocycles. The molecule has 1 aliphatic carbocycles. The summed E-state index contributed by atoms with van der Waals surface area (Å²) in [7, 11) is 0. The van der Waals surface area contributed by atoms with Crippen molar-refractivity contribution in [3.63, 3.8) is 0 Å². The van der Waals surface area contributed by atoms with Gasteiger partial charge in [0.15, 0.2) is 11.6 Å². The van der Waals surface area contributed by atoms with E-state index in [0.717, 1.165) is 25.7 Å². The molecule has 0 saturated heterocycles. The molecule has 1 fully saturated rings. The van der Waals surface area contributed by atoms with Crippen molar-refractivity contribution in [2.75, 3.05) is 0 Å². The first-order valence-electron chi connectivity index (χ1n) is 6.80. The lowest BCUT2D eigenvalue weighted by Crippen LogP contribution is -2.13. The molecule has 0 bridgehead atoms. The summed E-state index contributed by atoms with van der Waals surface area (Å²) in [6.07, 6.45) is 4.02. The van der Waals surface area contributed by atoms with E-state index in [9.17, 15) is 8.78 Å². The van der Waals surface area contributed by atoms with Gasteiger partial charge in [0.25, 0.3) is 0 Å². The van der Waals surface area contributed by atoms with Crippen molar-refractivity contribution >= 4 is 0 Å². The molecule has 0 unspecified atom stereocenters. The Morgan fingerprint density at radius 3 is 2.42 bits per heavy atom. The summed E-state index contributed by atoms with van der Waals surface area (Å²) in [4.78, 5) is 0. The van der Waals surface area contributed by atoms with Crippen LogP contribution in [0.4, 0.5) is 8.78 Å². The summed E-state index contributed by atoms with van der Waals surface area (Å²) in [5, 5.41) is 0. The highest BCUT2D eigenvalue weighted by atomic mass is 19.2. The molecule has 0 atom stereocenters. The number of rotatable bonds is 3. The van der Waals surface area contributed by atoms with Crippen LogP contribution in [0.1, 0.15) is 52.4 Å². The molecule has 1 aliphatic rings. The van der Waals surface area contributed by atoms with Gasteiger partial charge in [0.2, 0.25) is 5.82 Å². The number of halogens is 2. The lowest BCUT2D eigenvalue weighted by molar-refractivity contribution is 0.334. The van der Waals surface area contributed by atoms with Crippen LogP contribution in [0.25, 0.3) is 0 Å². The highest BCUT2D eigenvalue weighted by Crippen LogP contribution is 2.38. The summed E-state index contributed by atoms with van der Waals surface area (Å²) in [6.45, 7) is 7.34.